The molecule has 8 bridgehead atoms. The molecule has 4 heterocycles. The first kappa shape index (κ1) is 40.4. The van der Waals surface area contributed by atoms with Crippen molar-refractivity contribution >= 4 is 47.3 Å². The summed E-state index contributed by atoms with van der Waals surface area (Å²) in [5.74, 6) is 3.76. The van der Waals surface area contributed by atoms with E-state index in [9.17, 15) is 38.4 Å². The number of hydrogen-bond acceptors (Lipinski definition) is 8. The SMILES string of the molecule is C.CCN1C(=O)C2C3C=CC(C3)C2C1=O.CCN1C(=O)CC(C2CC(=O)N(CC3CC4CCC3C4)C2=O)C1=O.O=C1C2C3C=CC(C3)C2C(=O)N1CC1CC2CCC1C2. The van der Waals surface area contributed by atoms with Crippen LogP contribution in [0.25, 0.3) is 0 Å². The number of allylic oxidation sites excluding steroid dienone is 4. The maximum atomic E-state index is 12.8. The predicted octanol–water partition coefficient (Wildman–Crippen LogP) is 4.87. The van der Waals surface area contributed by atoms with E-state index in [4.69, 9.17) is 0 Å². The van der Waals surface area contributed by atoms with Crippen LogP contribution in [0.5, 0.6) is 0 Å². The lowest BCUT2D eigenvalue weighted by atomic mass is 9.85. The molecular formula is C47H62N4O8. The zero-order valence-electron chi connectivity index (χ0n) is 33.9. The molecule has 8 aliphatic carbocycles. The Labute approximate surface area is 347 Å². The fraction of sp³-hybridized carbons (Fsp3) is 0.745. The summed E-state index contributed by atoms with van der Waals surface area (Å²) in [6.07, 6.45) is 21.0. The van der Waals surface area contributed by atoms with Crippen LogP contribution < -0.4 is 0 Å². The second-order valence-corrected chi connectivity index (χ2v) is 20.0. The van der Waals surface area contributed by atoms with Crippen LogP contribution >= 0.6 is 0 Å². The summed E-state index contributed by atoms with van der Waals surface area (Å²) in [5.41, 5.74) is 0. The molecule has 12 aliphatic rings. The van der Waals surface area contributed by atoms with E-state index in [1.54, 1.807) is 11.8 Å². The molecule has 4 aliphatic heterocycles. The lowest BCUT2D eigenvalue weighted by Gasteiger charge is -2.26. The molecular weight excluding hydrogens is 749 g/mol. The van der Waals surface area contributed by atoms with Gasteiger partial charge in [0.15, 0.2) is 0 Å². The first-order chi connectivity index (χ1) is 27.9. The molecule has 0 radical (unpaired) electrons. The van der Waals surface area contributed by atoms with Gasteiger partial charge in [-0.3, -0.25) is 58.0 Å². The molecule has 0 aromatic rings. The molecule has 59 heavy (non-hydrogen) atoms. The van der Waals surface area contributed by atoms with Crippen LogP contribution in [0.1, 0.15) is 98.3 Å². The van der Waals surface area contributed by atoms with E-state index in [0.717, 1.165) is 43.6 Å². The van der Waals surface area contributed by atoms with Crippen molar-refractivity contribution in [2.45, 2.75) is 98.3 Å². The zero-order valence-corrected chi connectivity index (χ0v) is 33.9. The highest BCUT2D eigenvalue weighted by Gasteiger charge is 2.61. The molecule has 6 saturated carbocycles. The van der Waals surface area contributed by atoms with Gasteiger partial charge in [0.2, 0.25) is 47.3 Å². The minimum absolute atomic E-state index is 0. The number of rotatable bonds is 7. The van der Waals surface area contributed by atoms with Gasteiger partial charge in [-0.1, -0.05) is 44.6 Å². The second-order valence-electron chi connectivity index (χ2n) is 20.0. The summed E-state index contributed by atoms with van der Waals surface area (Å²) in [4.78, 5) is 104. The van der Waals surface area contributed by atoms with Gasteiger partial charge in [0.1, 0.15) is 0 Å². The van der Waals surface area contributed by atoms with Gasteiger partial charge >= 0.3 is 0 Å². The van der Waals surface area contributed by atoms with E-state index >= 15 is 0 Å². The molecule has 0 aromatic carbocycles. The van der Waals surface area contributed by atoms with E-state index in [2.05, 4.69) is 24.3 Å². The lowest BCUT2D eigenvalue weighted by Crippen LogP contribution is -2.39. The van der Waals surface area contributed by atoms with Crippen molar-refractivity contribution in [1.82, 2.24) is 19.6 Å². The van der Waals surface area contributed by atoms with Crippen LogP contribution in [0, 0.1) is 94.7 Å². The Hall–Kier alpha value is -3.96. The summed E-state index contributed by atoms with van der Waals surface area (Å²) in [7, 11) is 0. The Balaban J connectivity index is 0.000000117. The van der Waals surface area contributed by atoms with Crippen LogP contribution in [0.4, 0.5) is 0 Å². The first-order valence-corrected chi connectivity index (χ1v) is 22.7. The Morgan fingerprint density at radius 3 is 1.17 bits per heavy atom. The monoisotopic (exact) mass is 810 g/mol. The normalized spacial score (nSPS) is 43.8. The molecule has 8 amide bonds. The average molecular weight is 811 g/mol. The highest BCUT2D eigenvalue weighted by Crippen LogP contribution is 2.55. The zero-order chi connectivity index (χ0) is 40.3. The average Bonchev–Trinajstić information content (AvgIpc) is 4.06. The fourth-order valence-corrected chi connectivity index (χ4v) is 14.7. The van der Waals surface area contributed by atoms with Gasteiger partial charge in [-0.2, -0.15) is 0 Å². The van der Waals surface area contributed by atoms with Gasteiger partial charge in [0.25, 0.3) is 0 Å². The number of hydrogen-bond donors (Lipinski definition) is 0. The van der Waals surface area contributed by atoms with Gasteiger partial charge in [-0.25, -0.2) is 0 Å². The molecule has 10 fully saturated rings. The van der Waals surface area contributed by atoms with Crippen molar-refractivity contribution in [1.29, 1.82) is 0 Å². The number of imide groups is 4. The molecule has 12 nitrogen and oxygen atoms in total. The summed E-state index contributed by atoms with van der Waals surface area (Å²) in [6.45, 7) is 5.72. The maximum absolute atomic E-state index is 12.8. The standard InChI is InChI=1S/C18H24N2O4.C17H21NO2.C11H13NO2.CH4/c1-2-19-15(21)7-13(17(19)23)14-8-16(22)20(18(14)24)9-12-6-10-3-4-11(12)5-10;19-16-14-11-3-4-12(7-11)15(14)17(20)18(16)8-13-6-9-1-2-10(13)5-9;1-2-12-10(13)8-6-3-4-7(5-6)9(8)11(12)14;/h10-14H,2-9H2,1H3;3-4,9-15H,1-2,5-8H2;3-4,6-9H,2,5H2,1H3;1H4. The van der Waals surface area contributed by atoms with Crippen LogP contribution in [0.2, 0.25) is 0 Å². The molecule has 318 valence electrons. The third-order valence-corrected chi connectivity index (χ3v) is 17.4. The van der Waals surface area contributed by atoms with Crippen LogP contribution in [0.3, 0.4) is 0 Å². The Bertz CT molecular complexity index is 1850. The highest BCUT2D eigenvalue weighted by molar-refractivity contribution is 6.10. The van der Waals surface area contributed by atoms with Crippen molar-refractivity contribution in [2.75, 3.05) is 26.2 Å². The van der Waals surface area contributed by atoms with E-state index in [0.29, 0.717) is 61.1 Å². The second kappa shape index (κ2) is 15.2. The van der Waals surface area contributed by atoms with Crippen molar-refractivity contribution < 1.29 is 38.4 Å². The van der Waals surface area contributed by atoms with E-state index in [1.807, 2.05) is 6.92 Å². The third-order valence-electron chi connectivity index (χ3n) is 17.4. The minimum atomic E-state index is -0.640. The number of carbonyl (C=O) groups excluding carboxylic acids is 8. The summed E-state index contributed by atoms with van der Waals surface area (Å²) < 4.78 is 0. The van der Waals surface area contributed by atoms with E-state index in [1.165, 1.54) is 59.6 Å². The van der Waals surface area contributed by atoms with Crippen LogP contribution in [0.15, 0.2) is 24.3 Å². The number of fused-ring (bicyclic) bond motifs is 14. The molecule has 16 atom stereocenters. The number of carbonyl (C=O) groups is 8. The number of likely N-dealkylation sites (tertiary alicyclic amines) is 4. The smallest absolute Gasteiger partial charge is 0.233 e. The summed E-state index contributed by atoms with van der Waals surface area (Å²) in [6, 6.07) is 0. The fourth-order valence-electron chi connectivity index (χ4n) is 14.7. The molecule has 0 spiro atoms. The highest BCUT2D eigenvalue weighted by atomic mass is 16.2. The molecule has 12 heteroatoms. The van der Waals surface area contributed by atoms with E-state index < -0.39 is 11.8 Å². The maximum Gasteiger partial charge on any atom is 0.233 e. The predicted molar refractivity (Wildman–Crippen MR) is 214 cm³/mol. The van der Waals surface area contributed by atoms with Crippen molar-refractivity contribution in [3.05, 3.63) is 24.3 Å². The van der Waals surface area contributed by atoms with Gasteiger partial charge in [0.05, 0.1) is 35.5 Å². The Morgan fingerprint density at radius 1 is 0.441 bits per heavy atom. The van der Waals surface area contributed by atoms with Gasteiger partial charge in [0, 0.05) is 39.0 Å². The first-order valence-electron chi connectivity index (χ1n) is 22.7. The largest absolute Gasteiger partial charge is 0.283 e. The quantitative estimate of drug-likeness (QED) is 0.261. The number of amides is 8. The molecule has 12 rings (SSSR count). The molecule has 16 unspecified atom stereocenters. The number of nitrogens with zero attached hydrogens (tertiary/aromatic N) is 4. The van der Waals surface area contributed by atoms with Crippen molar-refractivity contribution in [2.24, 2.45) is 94.7 Å². The lowest BCUT2D eigenvalue weighted by molar-refractivity contribution is -0.144. The topological polar surface area (TPSA) is 150 Å². The Morgan fingerprint density at radius 2 is 0.814 bits per heavy atom. The van der Waals surface area contributed by atoms with Crippen molar-refractivity contribution in [3.63, 3.8) is 0 Å². The van der Waals surface area contributed by atoms with Crippen LogP contribution in [-0.2, 0) is 38.4 Å². The molecule has 0 N–H and O–H groups in total. The minimum Gasteiger partial charge on any atom is -0.283 e. The molecule has 0 aromatic heterocycles. The van der Waals surface area contributed by atoms with E-state index in [-0.39, 0.29) is 91.2 Å². The van der Waals surface area contributed by atoms with Crippen molar-refractivity contribution in [3.8, 4) is 0 Å². The summed E-state index contributed by atoms with van der Waals surface area (Å²) >= 11 is 0. The van der Waals surface area contributed by atoms with Gasteiger partial charge in [-0.15, -0.1) is 0 Å². The Kier molecular flexibility index (Phi) is 10.4. The van der Waals surface area contributed by atoms with Gasteiger partial charge < -0.3 is 0 Å². The third kappa shape index (κ3) is 6.33. The van der Waals surface area contributed by atoms with Crippen LogP contribution in [-0.4, -0.2) is 93.0 Å². The summed E-state index contributed by atoms with van der Waals surface area (Å²) in [5, 5.41) is 0. The molecule has 4 saturated heterocycles. The van der Waals surface area contributed by atoms with Gasteiger partial charge in [-0.05, 0) is 124 Å².